The molecule has 0 amide bonds. The molecule has 8 heteroatoms. The minimum Gasteiger partial charge on any atom is -0.359 e. The lowest BCUT2D eigenvalue weighted by atomic mass is 9.80. The van der Waals surface area contributed by atoms with E-state index < -0.39 is 17.4 Å². The lowest BCUT2D eigenvalue weighted by molar-refractivity contribution is -0.466. The summed E-state index contributed by atoms with van der Waals surface area (Å²) in [6, 6.07) is 0. The number of hydrogen-bond acceptors (Lipinski definition) is 6. The highest BCUT2D eigenvalue weighted by Gasteiger charge is 2.72. The molecule has 0 aliphatic carbocycles. The molecule has 1 aliphatic rings. The molecule has 0 bridgehead atoms. The van der Waals surface area contributed by atoms with Crippen molar-refractivity contribution in [2.24, 2.45) is 0 Å². The molecule has 2 unspecified atom stereocenters. The molecule has 2 atom stereocenters. The molecule has 156 valence electrons. The molecule has 0 spiro atoms. The van der Waals surface area contributed by atoms with Gasteiger partial charge >= 0.3 is 0 Å². The topological polar surface area (TPSA) is 43.4 Å². The number of hydrogen-bond donors (Lipinski definition) is 0. The number of ether oxygens (including phenoxy) is 4. The van der Waals surface area contributed by atoms with Crippen LogP contribution in [0, 0.1) is 0 Å². The molecule has 1 heterocycles. The second-order valence-electron chi connectivity index (χ2n) is 7.51. The Morgan fingerprint density at radius 3 is 1.54 bits per heavy atom. The lowest BCUT2D eigenvalue weighted by Gasteiger charge is -2.71. The summed E-state index contributed by atoms with van der Waals surface area (Å²) in [6.45, 7) is 19.3. The predicted molar refractivity (Wildman–Crippen MR) is 113 cm³/mol. The summed E-state index contributed by atoms with van der Waals surface area (Å²) in [4.78, 5) is 0. The molecule has 0 aromatic heterocycles. The van der Waals surface area contributed by atoms with Crippen LogP contribution in [0.1, 0.15) is 68.2 Å². The van der Waals surface area contributed by atoms with Crippen LogP contribution in [0.5, 0.6) is 0 Å². The Bertz CT molecular complexity index is 441. The summed E-state index contributed by atoms with van der Waals surface area (Å²) in [6.07, 6.45) is 1.94. The monoisotopic (exact) mass is 406 g/mol. The van der Waals surface area contributed by atoms with Crippen LogP contribution in [0.25, 0.3) is 0 Å². The van der Waals surface area contributed by atoms with Gasteiger partial charge < -0.3 is 18.9 Å². The molecule has 1 aliphatic heterocycles. The van der Waals surface area contributed by atoms with E-state index in [9.17, 15) is 0 Å². The Balaban J connectivity index is 3.76. The Labute approximate surface area is 166 Å². The van der Waals surface area contributed by atoms with Crippen molar-refractivity contribution in [3.8, 4) is 0 Å². The van der Waals surface area contributed by atoms with Crippen molar-refractivity contribution in [2.75, 3.05) is 26.4 Å². The van der Waals surface area contributed by atoms with Crippen molar-refractivity contribution in [1.29, 1.82) is 0 Å². The van der Waals surface area contributed by atoms with Crippen LogP contribution >= 0.6 is 0 Å². The van der Waals surface area contributed by atoms with Crippen molar-refractivity contribution in [3.05, 3.63) is 0 Å². The minimum atomic E-state index is -0.986. The molecular formula is C18H42N2O4Si2. The highest BCUT2D eigenvalue weighted by Crippen LogP contribution is 2.53. The Morgan fingerprint density at radius 2 is 1.15 bits per heavy atom. The van der Waals surface area contributed by atoms with Crippen LogP contribution in [0.2, 0.25) is 0 Å². The zero-order chi connectivity index (χ0) is 20.2. The van der Waals surface area contributed by atoms with E-state index in [1.165, 1.54) is 0 Å². The average Bonchev–Trinajstić information content (AvgIpc) is 2.58. The zero-order valence-electron chi connectivity index (χ0n) is 18.8. The molecule has 0 aromatic rings. The van der Waals surface area contributed by atoms with Gasteiger partial charge in [-0.25, -0.2) is 0 Å². The van der Waals surface area contributed by atoms with E-state index in [0.717, 1.165) is 33.6 Å². The van der Waals surface area contributed by atoms with E-state index in [4.69, 9.17) is 18.9 Å². The number of piperazine rings is 1. The highest BCUT2D eigenvalue weighted by molar-refractivity contribution is 6.08. The van der Waals surface area contributed by atoms with E-state index in [1.54, 1.807) is 0 Å². The molecule has 1 fully saturated rings. The molecule has 6 nitrogen and oxygen atoms in total. The normalized spacial score (nSPS) is 32.3. The smallest absolute Gasteiger partial charge is 0.269 e. The standard InChI is InChI=1S/C18H42N2O4Si2/c1-9-14-17(22-11-3)15(6,7)19(25)16(8,21-10-2)18(20(17)26,23-12-4)24-13-5/h9-14H2,1-8,25-26H3. The summed E-state index contributed by atoms with van der Waals surface area (Å²) >= 11 is 0. The van der Waals surface area contributed by atoms with Gasteiger partial charge in [0.2, 0.25) is 0 Å². The first-order valence-corrected chi connectivity index (χ1v) is 11.9. The first-order valence-electron chi connectivity index (χ1n) is 10.1. The van der Waals surface area contributed by atoms with Crippen LogP contribution in [-0.4, -0.2) is 79.3 Å². The summed E-state index contributed by atoms with van der Waals surface area (Å²) < 4.78 is 30.5. The van der Waals surface area contributed by atoms with Gasteiger partial charge in [-0.2, -0.15) is 0 Å². The molecule has 0 aromatic carbocycles. The van der Waals surface area contributed by atoms with Crippen molar-refractivity contribution in [2.45, 2.75) is 91.1 Å². The highest BCUT2D eigenvalue weighted by atomic mass is 28.2. The maximum absolute atomic E-state index is 6.55. The summed E-state index contributed by atoms with van der Waals surface area (Å²) in [5.74, 6) is -0.986. The molecule has 0 N–H and O–H groups in total. The minimum absolute atomic E-state index is 0.241. The molecule has 1 rings (SSSR count). The quantitative estimate of drug-likeness (QED) is 0.398. The van der Waals surface area contributed by atoms with Gasteiger partial charge in [-0.15, -0.1) is 0 Å². The molecule has 0 saturated carbocycles. The van der Waals surface area contributed by atoms with Crippen LogP contribution in [0.15, 0.2) is 0 Å². The molecule has 0 radical (unpaired) electrons. The third-order valence-electron chi connectivity index (χ3n) is 6.08. The van der Waals surface area contributed by atoms with Gasteiger partial charge in [0, 0.05) is 26.4 Å². The first-order chi connectivity index (χ1) is 12.1. The van der Waals surface area contributed by atoms with Gasteiger partial charge in [0.05, 0.1) is 26.3 Å². The third kappa shape index (κ3) is 3.36. The van der Waals surface area contributed by atoms with E-state index in [0.29, 0.717) is 26.4 Å². The van der Waals surface area contributed by atoms with Crippen LogP contribution in [-0.2, 0) is 18.9 Å². The number of nitrogens with zero attached hydrogens (tertiary/aromatic N) is 2. The van der Waals surface area contributed by atoms with Gasteiger partial charge in [-0.3, -0.25) is 9.13 Å². The summed E-state index contributed by atoms with van der Waals surface area (Å²) in [7, 11) is 1.53. The van der Waals surface area contributed by atoms with E-state index in [2.05, 4.69) is 43.7 Å². The van der Waals surface area contributed by atoms with Gasteiger partial charge in [0.15, 0.2) is 5.72 Å². The van der Waals surface area contributed by atoms with Crippen molar-refractivity contribution in [3.63, 3.8) is 0 Å². The van der Waals surface area contributed by atoms with Gasteiger partial charge in [0.1, 0.15) is 5.72 Å². The maximum Gasteiger partial charge on any atom is 0.269 e. The molecule has 1 saturated heterocycles. The number of rotatable bonds is 10. The van der Waals surface area contributed by atoms with Crippen molar-refractivity contribution in [1.82, 2.24) is 9.13 Å². The summed E-state index contributed by atoms with van der Waals surface area (Å²) in [5, 5.41) is 0. The van der Waals surface area contributed by atoms with E-state index in [-0.39, 0.29) is 5.54 Å². The van der Waals surface area contributed by atoms with E-state index >= 15 is 0 Å². The maximum atomic E-state index is 6.55. The molecular weight excluding hydrogens is 364 g/mol. The second-order valence-corrected chi connectivity index (χ2v) is 9.30. The lowest BCUT2D eigenvalue weighted by Crippen LogP contribution is -2.89. The van der Waals surface area contributed by atoms with Gasteiger partial charge in [-0.05, 0) is 54.9 Å². The third-order valence-corrected chi connectivity index (χ3v) is 9.36. The van der Waals surface area contributed by atoms with Crippen LogP contribution in [0.3, 0.4) is 0 Å². The second kappa shape index (κ2) is 9.13. The fraction of sp³-hybridized carbons (Fsp3) is 1.00. The first kappa shape index (κ1) is 24.2. The average molecular weight is 407 g/mol. The predicted octanol–water partition coefficient (Wildman–Crippen LogP) is 0.956. The van der Waals surface area contributed by atoms with Crippen LogP contribution in [0.4, 0.5) is 0 Å². The Hall–Kier alpha value is 0.194. The Kier molecular flexibility index (Phi) is 8.51. The fourth-order valence-electron chi connectivity index (χ4n) is 4.73. The van der Waals surface area contributed by atoms with Gasteiger partial charge in [0.25, 0.3) is 5.91 Å². The van der Waals surface area contributed by atoms with Gasteiger partial charge in [-0.1, -0.05) is 13.3 Å². The van der Waals surface area contributed by atoms with Crippen molar-refractivity contribution < 1.29 is 18.9 Å². The molecule has 26 heavy (non-hydrogen) atoms. The van der Waals surface area contributed by atoms with Crippen LogP contribution < -0.4 is 0 Å². The largest absolute Gasteiger partial charge is 0.359 e. The SMILES string of the molecule is CCCC1(OCC)N([SiH3])C(OCC)(OCC)C(C)(OCC)N([SiH3])C1(C)C. The Morgan fingerprint density at radius 1 is 0.692 bits per heavy atom. The summed E-state index contributed by atoms with van der Waals surface area (Å²) in [5.41, 5.74) is -1.43. The van der Waals surface area contributed by atoms with E-state index in [1.807, 2.05) is 20.8 Å². The zero-order valence-corrected chi connectivity index (χ0v) is 22.8. The van der Waals surface area contributed by atoms with Crippen molar-refractivity contribution >= 4 is 20.8 Å². The fourth-order valence-corrected chi connectivity index (χ4v) is 7.06.